The van der Waals surface area contributed by atoms with Gasteiger partial charge in [0.2, 0.25) is 0 Å². The van der Waals surface area contributed by atoms with Crippen molar-refractivity contribution in [2.24, 2.45) is 4.99 Å². The number of likely N-dealkylation sites (N-methyl/N-ethyl adjacent to an activating group) is 3. The highest BCUT2D eigenvalue weighted by Crippen LogP contribution is 2.44. The first-order valence-electron chi connectivity index (χ1n) is 25.1. The van der Waals surface area contributed by atoms with Gasteiger partial charge in [0.1, 0.15) is 41.2 Å². The molecule has 0 aromatic heterocycles. The number of aliphatic imine (C=N–C) groups is 1. The third kappa shape index (κ3) is 19.7. The largest absolute Gasteiger partial charge is 0.497 e. The Hall–Kier alpha value is -6.85. The number of para-hydroxylation sites is 2. The number of esters is 1. The molecule has 0 bridgehead atoms. The molecule has 0 aliphatic carbocycles. The van der Waals surface area contributed by atoms with E-state index in [0.717, 1.165) is 72.5 Å². The van der Waals surface area contributed by atoms with E-state index in [4.69, 9.17) is 51.6 Å². The van der Waals surface area contributed by atoms with Crippen LogP contribution in [0.15, 0.2) is 163 Å². The molecule has 406 valence electrons. The number of amidine groups is 1. The highest BCUT2D eigenvalue weighted by molar-refractivity contribution is 6.30. The molecule has 15 nitrogen and oxygen atoms in total. The van der Waals surface area contributed by atoms with E-state index < -0.39 is 5.72 Å². The number of nitrogens with zero attached hydrogens (tertiary/aromatic N) is 5. The van der Waals surface area contributed by atoms with Gasteiger partial charge in [-0.15, -0.1) is 0 Å². The van der Waals surface area contributed by atoms with Crippen LogP contribution in [0.3, 0.4) is 0 Å². The summed E-state index contributed by atoms with van der Waals surface area (Å²) in [6.45, 7) is 10.9. The van der Waals surface area contributed by atoms with Crippen LogP contribution in [0.25, 0.3) is 0 Å². The van der Waals surface area contributed by atoms with Crippen molar-refractivity contribution in [2.45, 2.75) is 25.9 Å². The van der Waals surface area contributed by atoms with E-state index in [1.165, 1.54) is 0 Å². The Balaban J connectivity index is 0.000000188. The Morgan fingerprint density at radius 2 is 1.20 bits per heavy atom. The van der Waals surface area contributed by atoms with Crippen LogP contribution < -0.4 is 29.0 Å². The molecule has 6 aromatic carbocycles. The van der Waals surface area contributed by atoms with Crippen LogP contribution in [0, 0.1) is 0 Å². The Labute approximate surface area is 458 Å². The van der Waals surface area contributed by atoms with Gasteiger partial charge in [0, 0.05) is 52.9 Å². The summed E-state index contributed by atoms with van der Waals surface area (Å²) in [5.41, 5.74) is 1.58. The summed E-state index contributed by atoms with van der Waals surface area (Å²) >= 11 is 11.7. The van der Waals surface area contributed by atoms with Crippen molar-refractivity contribution in [1.29, 1.82) is 0 Å². The Morgan fingerprint density at radius 3 is 1.75 bits per heavy atom. The van der Waals surface area contributed by atoms with Crippen molar-refractivity contribution in [3.63, 3.8) is 0 Å². The first-order chi connectivity index (χ1) is 36.7. The second-order valence-corrected chi connectivity index (χ2v) is 18.6. The van der Waals surface area contributed by atoms with Crippen LogP contribution in [0.4, 0.5) is 0 Å². The highest BCUT2D eigenvalue weighted by atomic mass is 35.5. The first kappa shape index (κ1) is 60.0. The van der Waals surface area contributed by atoms with Crippen molar-refractivity contribution in [3.8, 4) is 28.7 Å². The zero-order valence-electron chi connectivity index (χ0n) is 44.6. The molecule has 2 aliphatic rings. The van der Waals surface area contributed by atoms with Gasteiger partial charge < -0.3 is 58.4 Å². The van der Waals surface area contributed by atoms with Gasteiger partial charge in [0.05, 0.1) is 20.2 Å². The molecule has 1 unspecified atom stereocenters. The van der Waals surface area contributed by atoms with Crippen molar-refractivity contribution < 1.29 is 43.1 Å². The van der Waals surface area contributed by atoms with Gasteiger partial charge in [-0.25, -0.2) is 4.79 Å². The predicted octanol–water partition coefficient (Wildman–Crippen LogP) is 9.00. The number of amides is 1. The maximum absolute atomic E-state index is 11.6. The smallest absolute Gasteiger partial charge is 0.344 e. The molecule has 6 aromatic rings. The monoisotopic (exact) mass is 1080 g/mol. The molecule has 1 atom stereocenters. The fourth-order valence-electron chi connectivity index (χ4n) is 7.63. The number of hydrogen-bond acceptors (Lipinski definition) is 14. The SMILES string of the molecule is CCN(CC)CCNC(=O)COc1ccc(OC)cc1.CN(C)CC(Oc1ccccc1)Oc1ccccc1.CN(C)CCOC(=O)COc1ccc(Cl)cc1.OC1(c2ccc(Cl)cc2)c2ccccc2C2=NCCN21. The second-order valence-electron chi connectivity index (χ2n) is 17.7. The Kier molecular flexibility index (Phi) is 25.2. The molecule has 2 heterocycles. The quantitative estimate of drug-likeness (QED) is 0.0493. The van der Waals surface area contributed by atoms with E-state index in [0.29, 0.717) is 47.8 Å². The molecule has 0 spiro atoms. The average Bonchev–Trinajstić information content (AvgIpc) is 4.04. The van der Waals surface area contributed by atoms with Crippen molar-refractivity contribution in [2.75, 3.05) is 107 Å². The summed E-state index contributed by atoms with van der Waals surface area (Å²) in [6.07, 6.45) is -0.334. The number of hydrogen-bond donors (Lipinski definition) is 2. The molecule has 0 fully saturated rings. The standard InChI is InChI=1S/C16H13ClN2O.C16H19NO2.C15H24N2O3.C12H16ClNO3/c17-12-7-5-11(6-8-12)16(20)14-4-2-1-3-13(14)15-18-9-10-19(15)16;1-17(2)13-16(18-14-9-5-3-6-10-14)19-15-11-7-4-8-12-15;1-4-17(5-2)11-10-16-15(18)12-20-14-8-6-13(19-3)7-9-14;1-14(2)7-8-16-12(15)9-17-11-5-3-10(13)4-6-11/h1-8,20H,9-10H2;3-12,16H,13H2,1-2H3;6-9H,4-5,10-12H2,1-3H3,(H,16,18);3-6H,7-9H2,1-2H3. The first-order valence-corrected chi connectivity index (χ1v) is 25.9. The normalized spacial score (nSPS) is 13.9. The van der Waals surface area contributed by atoms with Crippen LogP contribution in [0.2, 0.25) is 10.0 Å². The number of carbonyl (C=O) groups is 2. The van der Waals surface area contributed by atoms with E-state index in [9.17, 15) is 14.7 Å². The van der Waals surface area contributed by atoms with Gasteiger partial charge in [0.25, 0.3) is 12.2 Å². The van der Waals surface area contributed by atoms with Crippen molar-refractivity contribution in [3.05, 3.63) is 184 Å². The number of nitrogens with one attached hydrogen (secondary N) is 1. The van der Waals surface area contributed by atoms with E-state index in [1.54, 1.807) is 55.6 Å². The summed E-state index contributed by atoms with van der Waals surface area (Å²) in [4.78, 5) is 35.6. The van der Waals surface area contributed by atoms with Crippen molar-refractivity contribution >= 4 is 40.9 Å². The lowest BCUT2D eigenvalue weighted by Gasteiger charge is -2.33. The lowest BCUT2D eigenvalue weighted by molar-refractivity contribution is -0.146. The minimum atomic E-state index is -1.14. The molecule has 76 heavy (non-hydrogen) atoms. The van der Waals surface area contributed by atoms with Gasteiger partial charge in [-0.05, 0) is 126 Å². The van der Waals surface area contributed by atoms with E-state index in [-0.39, 0.29) is 31.4 Å². The summed E-state index contributed by atoms with van der Waals surface area (Å²) < 4.78 is 32.4. The number of halogens is 2. The van der Waals surface area contributed by atoms with Crippen LogP contribution in [-0.2, 0) is 20.1 Å². The van der Waals surface area contributed by atoms with Crippen LogP contribution in [0.5, 0.6) is 28.7 Å². The van der Waals surface area contributed by atoms with Crippen LogP contribution in [0.1, 0.15) is 30.5 Å². The number of ether oxygens (including phenoxy) is 6. The fraction of sp³-hybridized carbons (Fsp3) is 0.339. The van der Waals surface area contributed by atoms with Gasteiger partial charge >= 0.3 is 5.97 Å². The van der Waals surface area contributed by atoms with E-state index in [1.807, 2.05) is 152 Å². The molecular weight excluding hydrogens is 1010 g/mol. The number of carbonyl (C=O) groups excluding carboxylic acids is 2. The maximum atomic E-state index is 11.6. The predicted molar refractivity (Wildman–Crippen MR) is 301 cm³/mol. The second kappa shape index (κ2) is 31.9. The zero-order valence-corrected chi connectivity index (χ0v) is 46.1. The lowest BCUT2D eigenvalue weighted by Crippen LogP contribution is -2.43. The number of rotatable bonds is 22. The minimum absolute atomic E-state index is 0.0323. The van der Waals surface area contributed by atoms with Crippen LogP contribution >= 0.6 is 23.2 Å². The lowest BCUT2D eigenvalue weighted by atomic mass is 9.94. The number of aliphatic hydroxyl groups is 1. The van der Waals surface area contributed by atoms with Gasteiger partial charge in [-0.2, -0.15) is 0 Å². The molecule has 2 aliphatic heterocycles. The minimum Gasteiger partial charge on any atom is -0.497 e. The third-order valence-corrected chi connectivity index (χ3v) is 12.1. The van der Waals surface area contributed by atoms with Crippen molar-refractivity contribution in [1.82, 2.24) is 24.9 Å². The Morgan fingerprint density at radius 1 is 0.671 bits per heavy atom. The van der Waals surface area contributed by atoms with Gasteiger partial charge in [0.15, 0.2) is 18.9 Å². The van der Waals surface area contributed by atoms with Gasteiger partial charge in [-0.1, -0.05) is 110 Å². The molecule has 2 N–H and O–H groups in total. The van der Waals surface area contributed by atoms with Crippen LogP contribution in [-0.4, -0.2) is 156 Å². The number of methoxy groups -OCH3 is 1. The molecule has 17 heteroatoms. The topological polar surface area (TPSA) is 147 Å². The highest BCUT2D eigenvalue weighted by Gasteiger charge is 2.49. The summed E-state index contributed by atoms with van der Waals surface area (Å²) in [5.74, 6) is 4.05. The number of benzene rings is 6. The number of fused-ring (bicyclic) bond motifs is 3. The molecular formula is C59H72Cl2N6O9. The molecule has 1 amide bonds. The molecule has 8 rings (SSSR count). The fourth-order valence-corrected chi connectivity index (χ4v) is 7.89. The van der Waals surface area contributed by atoms with Gasteiger partial charge in [-0.3, -0.25) is 9.79 Å². The summed E-state index contributed by atoms with van der Waals surface area (Å²) in [5, 5.41) is 15.5. The molecule has 0 saturated heterocycles. The third-order valence-electron chi connectivity index (χ3n) is 11.6. The summed E-state index contributed by atoms with van der Waals surface area (Å²) in [6, 6.07) is 48.7. The van der Waals surface area contributed by atoms with E-state index in [2.05, 4.69) is 29.1 Å². The Bertz CT molecular complexity index is 2600. The zero-order chi connectivity index (χ0) is 54.7. The average molecular weight is 1080 g/mol. The van der Waals surface area contributed by atoms with E-state index >= 15 is 0 Å². The molecule has 0 saturated carbocycles. The molecule has 0 radical (unpaired) electrons. The summed E-state index contributed by atoms with van der Waals surface area (Å²) in [7, 11) is 9.43. The maximum Gasteiger partial charge on any atom is 0.344 e.